The topological polar surface area (TPSA) is 48.0 Å². The molecule has 0 N–H and O–H groups in total. The van der Waals surface area contributed by atoms with E-state index in [0.717, 1.165) is 44.0 Å². The highest BCUT2D eigenvalue weighted by Gasteiger charge is 2.19. The van der Waals surface area contributed by atoms with E-state index in [1.807, 2.05) is 0 Å². The fraction of sp³-hybridized carbons (Fsp3) is 0.562. The molecule has 0 fully saturated rings. The fourth-order valence-corrected chi connectivity index (χ4v) is 2.68. The van der Waals surface area contributed by atoms with Gasteiger partial charge in [0.15, 0.2) is 11.5 Å². The molecule has 0 atom stereocenters. The van der Waals surface area contributed by atoms with Crippen molar-refractivity contribution in [2.24, 2.45) is 0 Å². The Labute approximate surface area is 125 Å². The summed E-state index contributed by atoms with van der Waals surface area (Å²) < 4.78 is 15.4. The molecule has 1 aliphatic rings. The Hall–Kier alpha value is -1.75. The molecule has 0 saturated carbocycles. The van der Waals surface area contributed by atoms with Crippen LogP contribution in [0.3, 0.4) is 0 Å². The SMILES string of the molecule is COC(=O)CCCN1CCc2cc(OC)c(OC)cc2C1. The summed E-state index contributed by atoms with van der Waals surface area (Å²) in [5.74, 6) is 1.42. The summed E-state index contributed by atoms with van der Waals surface area (Å²) in [6.45, 7) is 2.80. The maximum Gasteiger partial charge on any atom is 0.305 e. The van der Waals surface area contributed by atoms with Crippen LogP contribution in [0.15, 0.2) is 12.1 Å². The molecule has 0 amide bonds. The number of hydrogen-bond donors (Lipinski definition) is 0. The number of hydrogen-bond acceptors (Lipinski definition) is 5. The van der Waals surface area contributed by atoms with E-state index in [0.29, 0.717) is 6.42 Å². The molecule has 1 heterocycles. The largest absolute Gasteiger partial charge is 0.493 e. The molecule has 0 unspecified atom stereocenters. The lowest BCUT2D eigenvalue weighted by molar-refractivity contribution is -0.140. The predicted octanol–water partition coefficient (Wildman–Crippen LogP) is 2.02. The van der Waals surface area contributed by atoms with Crippen LogP contribution in [0.4, 0.5) is 0 Å². The van der Waals surface area contributed by atoms with E-state index in [1.54, 1.807) is 14.2 Å². The lowest BCUT2D eigenvalue weighted by atomic mass is 9.98. The second-order valence-corrected chi connectivity index (χ2v) is 5.18. The third-order valence-electron chi connectivity index (χ3n) is 3.88. The third-order valence-corrected chi connectivity index (χ3v) is 3.88. The first kappa shape index (κ1) is 15.6. The zero-order valence-corrected chi connectivity index (χ0v) is 13.0. The van der Waals surface area contributed by atoms with Crippen molar-refractivity contribution < 1.29 is 19.0 Å². The molecule has 0 saturated heterocycles. The summed E-state index contributed by atoms with van der Waals surface area (Å²) in [5.41, 5.74) is 2.59. The number of fused-ring (bicyclic) bond motifs is 1. The van der Waals surface area contributed by atoms with Crippen molar-refractivity contribution in [3.8, 4) is 11.5 Å². The molecular weight excluding hydrogens is 270 g/mol. The maximum absolute atomic E-state index is 11.1. The molecule has 0 spiro atoms. The average Bonchev–Trinajstić information content (AvgIpc) is 2.53. The van der Waals surface area contributed by atoms with Gasteiger partial charge in [-0.3, -0.25) is 9.69 Å². The van der Waals surface area contributed by atoms with Crippen molar-refractivity contribution >= 4 is 5.97 Å². The smallest absolute Gasteiger partial charge is 0.305 e. The first-order valence-electron chi connectivity index (χ1n) is 7.21. The van der Waals surface area contributed by atoms with Crippen LogP contribution in [0.5, 0.6) is 11.5 Å². The molecule has 2 rings (SSSR count). The van der Waals surface area contributed by atoms with Crippen LogP contribution >= 0.6 is 0 Å². The molecule has 0 aromatic heterocycles. The van der Waals surface area contributed by atoms with E-state index in [1.165, 1.54) is 18.2 Å². The highest BCUT2D eigenvalue weighted by atomic mass is 16.5. The standard InChI is InChI=1S/C16H23NO4/c1-19-14-9-12-6-8-17(7-4-5-16(18)21-3)11-13(12)10-15(14)20-2/h9-10H,4-8,11H2,1-3H3. The van der Waals surface area contributed by atoms with Crippen molar-refractivity contribution in [3.63, 3.8) is 0 Å². The minimum atomic E-state index is -0.140. The molecule has 1 aromatic rings. The van der Waals surface area contributed by atoms with Gasteiger partial charge in [-0.15, -0.1) is 0 Å². The van der Waals surface area contributed by atoms with Gasteiger partial charge in [-0.2, -0.15) is 0 Å². The first-order valence-corrected chi connectivity index (χ1v) is 7.21. The van der Waals surface area contributed by atoms with E-state index in [2.05, 4.69) is 21.8 Å². The number of methoxy groups -OCH3 is 3. The predicted molar refractivity (Wildman–Crippen MR) is 79.8 cm³/mol. The Morgan fingerprint density at radius 3 is 2.43 bits per heavy atom. The zero-order chi connectivity index (χ0) is 15.2. The van der Waals surface area contributed by atoms with E-state index >= 15 is 0 Å². The number of benzene rings is 1. The summed E-state index contributed by atoms with van der Waals surface area (Å²) in [5, 5.41) is 0. The number of ether oxygens (including phenoxy) is 3. The summed E-state index contributed by atoms with van der Waals surface area (Å²) in [6.07, 6.45) is 2.30. The lowest BCUT2D eigenvalue weighted by Gasteiger charge is -2.29. The van der Waals surface area contributed by atoms with E-state index in [9.17, 15) is 4.79 Å². The van der Waals surface area contributed by atoms with Crippen LogP contribution in [0.2, 0.25) is 0 Å². The minimum Gasteiger partial charge on any atom is -0.493 e. The molecule has 0 bridgehead atoms. The number of nitrogens with zero attached hydrogens (tertiary/aromatic N) is 1. The highest BCUT2D eigenvalue weighted by Crippen LogP contribution is 2.33. The van der Waals surface area contributed by atoms with Gasteiger partial charge in [0.1, 0.15) is 0 Å². The van der Waals surface area contributed by atoms with Crippen molar-refractivity contribution in [2.45, 2.75) is 25.8 Å². The fourth-order valence-electron chi connectivity index (χ4n) is 2.68. The number of carbonyl (C=O) groups is 1. The second-order valence-electron chi connectivity index (χ2n) is 5.18. The molecule has 5 nitrogen and oxygen atoms in total. The molecule has 1 aliphatic heterocycles. The highest BCUT2D eigenvalue weighted by molar-refractivity contribution is 5.69. The van der Waals surface area contributed by atoms with Crippen LogP contribution in [0, 0.1) is 0 Å². The molecule has 21 heavy (non-hydrogen) atoms. The third kappa shape index (κ3) is 3.88. The maximum atomic E-state index is 11.1. The van der Waals surface area contributed by atoms with E-state index < -0.39 is 0 Å². The molecular formula is C16H23NO4. The molecule has 0 radical (unpaired) electrons. The lowest BCUT2D eigenvalue weighted by Crippen LogP contribution is -2.31. The summed E-state index contributed by atoms with van der Waals surface area (Å²) in [7, 11) is 4.74. The number of carbonyl (C=O) groups excluding carboxylic acids is 1. The van der Waals surface area contributed by atoms with Crippen molar-refractivity contribution in [2.75, 3.05) is 34.4 Å². The molecule has 1 aromatic carbocycles. The van der Waals surface area contributed by atoms with Gasteiger partial charge in [-0.25, -0.2) is 0 Å². The second kappa shape index (κ2) is 7.31. The number of esters is 1. The Balaban J connectivity index is 1.98. The van der Waals surface area contributed by atoms with Gasteiger partial charge in [0.25, 0.3) is 0 Å². The van der Waals surface area contributed by atoms with Crippen LogP contribution in [-0.2, 0) is 22.5 Å². The Morgan fingerprint density at radius 2 is 1.81 bits per heavy atom. The van der Waals surface area contributed by atoms with Crippen LogP contribution in [-0.4, -0.2) is 45.3 Å². The molecule has 116 valence electrons. The normalized spacial score (nSPS) is 14.4. The van der Waals surface area contributed by atoms with Crippen molar-refractivity contribution in [1.29, 1.82) is 0 Å². The van der Waals surface area contributed by atoms with Gasteiger partial charge >= 0.3 is 5.97 Å². The van der Waals surface area contributed by atoms with Crippen molar-refractivity contribution in [1.82, 2.24) is 4.90 Å². The summed E-state index contributed by atoms with van der Waals surface area (Å²) in [4.78, 5) is 13.5. The quantitative estimate of drug-likeness (QED) is 0.751. The van der Waals surface area contributed by atoms with Gasteiger partial charge in [-0.05, 0) is 42.6 Å². The van der Waals surface area contributed by atoms with Gasteiger partial charge in [0.2, 0.25) is 0 Å². The van der Waals surface area contributed by atoms with Gasteiger partial charge in [-0.1, -0.05) is 0 Å². The Bertz CT molecular complexity index is 501. The van der Waals surface area contributed by atoms with Gasteiger partial charge in [0, 0.05) is 19.5 Å². The average molecular weight is 293 g/mol. The van der Waals surface area contributed by atoms with Crippen molar-refractivity contribution in [3.05, 3.63) is 23.3 Å². The summed E-state index contributed by atoms with van der Waals surface area (Å²) in [6, 6.07) is 4.13. The monoisotopic (exact) mass is 293 g/mol. The molecule has 0 aliphatic carbocycles. The summed E-state index contributed by atoms with van der Waals surface area (Å²) >= 11 is 0. The van der Waals surface area contributed by atoms with Crippen LogP contribution < -0.4 is 9.47 Å². The van der Waals surface area contributed by atoms with E-state index in [4.69, 9.17) is 9.47 Å². The van der Waals surface area contributed by atoms with E-state index in [-0.39, 0.29) is 5.97 Å². The van der Waals surface area contributed by atoms with Crippen LogP contribution in [0.25, 0.3) is 0 Å². The minimum absolute atomic E-state index is 0.140. The molecule has 5 heteroatoms. The Morgan fingerprint density at radius 1 is 1.14 bits per heavy atom. The number of rotatable bonds is 6. The van der Waals surface area contributed by atoms with Crippen LogP contribution in [0.1, 0.15) is 24.0 Å². The van der Waals surface area contributed by atoms with Gasteiger partial charge < -0.3 is 14.2 Å². The first-order chi connectivity index (χ1) is 10.2. The Kier molecular flexibility index (Phi) is 5.44. The van der Waals surface area contributed by atoms with Gasteiger partial charge in [0.05, 0.1) is 21.3 Å². The zero-order valence-electron chi connectivity index (χ0n) is 13.0.